The van der Waals surface area contributed by atoms with Gasteiger partial charge in [-0.2, -0.15) is 0 Å². The number of esters is 1. The predicted molar refractivity (Wildman–Crippen MR) is 96.7 cm³/mol. The fourth-order valence-electron chi connectivity index (χ4n) is 4.04. The minimum absolute atomic E-state index is 0.0631. The van der Waals surface area contributed by atoms with Gasteiger partial charge in [-0.1, -0.05) is 25.9 Å². The van der Waals surface area contributed by atoms with E-state index in [1.54, 1.807) is 4.90 Å². The molecule has 26 heavy (non-hydrogen) atoms. The third kappa shape index (κ3) is 3.79. The molecule has 0 aromatic carbocycles. The van der Waals surface area contributed by atoms with E-state index in [1.807, 2.05) is 6.92 Å². The first kappa shape index (κ1) is 18.9. The Labute approximate surface area is 155 Å². The van der Waals surface area contributed by atoms with Crippen LogP contribution in [-0.4, -0.2) is 41.6 Å². The average Bonchev–Trinajstić information content (AvgIpc) is 3.04. The van der Waals surface area contributed by atoms with Crippen LogP contribution in [-0.2, 0) is 22.4 Å². The topological polar surface area (TPSA) is 72.6 Å². The molecular formula is C20H30N2O4. The van der Waals surface area contributed by atoms with Crippen molar-refractivity contribution in [2.24, 2.45) is 17.3 Å². The van der Waals surface area contributed by atoms with E-state index >= 15 is 0 Å². The summed E-state index contributed by atoms with van der Waals surface area (Å²) in [7, 11) is 0. The molecule has 1 fully saturated rings. The third-order valence-electron chi connectivity index (χ3n) is 5.87. The quantitative estimate of drug-likeness (QED) is 0.772. The van der Waals surface area contributed by atoms with Crippen molar-refractivity contribution in [3.8, 4) is 0 Å². The van der Waals surface area contributed by atoms with E-state index in [0.717, 1.165) is 30.6 Å². The molecular weight excluding hydrogens is 332 g/mol. The van der Waals surface area contributed by atoms with Gasteiger partial charge in [0.15, 0.2) is 5.69 Å². The Kier molecular flexibility index (Phi) is 5.39. The standard InChI is InChI=1S/C20H30N2O4/c1-5-25-19(24)13-8-10-22(11-9-13)18(23)17-15-12-14(20(2,3)4)6-7-16(15)26-21-17/h13-14H,5-12H2,1-4H3. The number of amides is 1. The predicted octanol–water partition coefficient (Wildman–Crippen LogP) is 3.24. The molecule has 3 rings (SSSR count). The largest absolute Gasteiger partial charge is 0.466 e. The highest BCUT2D eigenvalue weighted by Crippen LogP contribution is 2.38. The minimum Gasteiger partial charge on any atom is -0.466 e. The van der Waals surface area contributed by atoms with Gasteiger partial charge >= 0.3 is 5.97 Å². The van der Waals surface area contributed by atoms with Gasteiger partial charge in [-0.25, -0.2) is 0 Å². The van der Waals surface area contributed by atoms with Crippen LogP contribution in [0.15, 0.2) is 4.52 Å². The summed E-state index contributed by atoms with van der Waals surface area (Å²) in [6.07, 6.45) is 4.07. The number of carbonyl (C=O) groups excluding carboxylic acids is 2. The Morgan fingerprint density at radius 1 is 1.23 bits per heavy atom. The molecule has 1 amide bonds. The lowest BCUT2D eigenvalue weighted by Crippen LogP contribution is -2.41. The van der Waals surface area contributed by atoms with Crippen molar-refractivity contribution in [3.05, 3.63) is 17.0 Å². The van der Waals surface area contributed by atoms with Crippen molar-refractivity contribution in [1.29, 1.82) is 0 Å². The zero-order valence-corrected chi connectivity index (χ0v) is 16.3. The van der Waals surface area contributed by atoms with Crippen LogP contribution in [0.4, 0.5) is 0 Å². The van der Waals surface area contributed by atoms with Gasteiger partial charge in [0, 0.05) is 25.1 Å². The van der Waals surface area contributed by atoms with Gasteiger partial charge < -0.3 is 14.2 Å². The number of rotatable bonds is 3. The number of likely N-dealkylation sites (tertiary alicyclic amines) is 1. The Morgan fingerprint density at radius 2 is 1.92 bits per heavy atom. The summed E-state index contributed by atoms with van der Waals surface area (Å²) in [5, 5.41) is 4.12. The number of hydrogen-bond acceptors (Lipinski definition) is 5. The number of aryl methyl sites for hydroxylation is 1. The lowest BCUT2D eigenvalue weighted by atomic mass is 9.71. The van der Waals surface area contributed by atoms with Gasteiger partial charge in [-0.05, 0) is 43.9 Å². The van der Waals surface area contributed by atoms with Crippen molar-refractivity contribution >= 4 is 11.9 Å². The summed E-state index contributed by atoms with van der Waals surface area (Å²) in [4.78, 5) is 26.7. The molecule has 6 heteroatoms. The van der Waals surface area contributed by atoms with E-state index in [4.69, 9.17) is 9.26 Å². The van der Waals surface area contributed by atoms with E-state index < -0.39 is 0 Å². The van der Waals surface area contributed by atoms with E-state index in [0.29, 0.717) is 44.1 Å². The molecule has 1 aromatic heterocycles. The van der Waals surface area contributed by atoms with Crippen LogP contribution in [0.2, 0.25) is 0 Å². The number of piperidine rings is 1. The molecule has 1 saturated heterocycles. The average molecular weight is 362 g/mol. The fourth-order valence-corrected chi connectivity index (χ4v) is 4.04. The summed E-state index contributed by atoms with van der Waals surface area (Å²) in [5.74, 6) is 1.08. The van der Waals surface area contributed by atoms with Gasteiger partial charge in [0.1, 0.15) is 5.76 Å². The second-order valence-electron chi connectivity index (χ2n) is 8.56. The third-order valence-corrected chi connectivity index (χ3v) is 5.87. The molecule has 0 bridgehead atoms. The highest BCUT2D eigenvalue weighted by molar-refractivity contribution is 5.94. The maximum Gasteiger partial charge on any atom is 0.309 e. The maximum atomic E-state index is 13.0. The van der Waals surface area contributed by atoms with Crippen LogP contribution in [0.3, 0.4) is 0 Å². The van der Waals surface area contributed by atoms with E-state index in [-0.39, 0.29) is 23.2 Å². The fraction of sp³-hybridized carbons (Fsp3) is 0.750. The molecule has 144 valence electrons. The molecule has 1 aliphatic heterocycles. The van der Waals surface area contributed by atoms with Crippen molar-refractivity contribution in [1.82, 2.24) is 10.1 Å². The van der Waals surface area contributed by atoms with E-state index in [9.17, 15) is 9.59 Å². The number of fused-ring (bicyclic) bond motifs is 1. The highest BCUT2D eigenvalue weighted by Gasteiger charge is 2.36. The van der Waals surface area contributed by atoms with Crippen molar-refractivity contribution < 1.29 is 18.8 Å². The van der Waals surface area contributed by atoms with Gasteiger partial charge in [-0.15, -0.1) is 0 Å². The molecule has 0 radical (unpaired) electrons. The number of ether oxygens (including phenoxy) is 1. The second-order valence-corrected chi connectivity index (χ2v) is 8.56. The van der Waals surface area contributed by atoms with Gasteiger partial charge in [0.25, 0.3) is 5.91 Å². The van der Waals surface area contributed by atoms with Crippen molar-refractivity contribution in [3.63, 3.8) is 0 Å². The first-order valence-electron chi connectivity index (χ1n) is 9.74. The van der Waals surface area contributed by atoms with Gasteiger partial charge in [-0.3, -0.25) is 9.59 Å². The molecule has 1 aliphatic carbocycles. The van der Waals surface area contributed by atoms with Crippen LogP contribution in [0, 0.1) is 17.3 Å². The van der Waals surface area contributed by atoms with Gasteiger partial charge in [0.2, 0.25) is 0 Å². The monoisotopic (exact) mass is 362 g/mol. The molecule has 0 spiro atoms. The molecule has 1 aromatic rings. The Hall–Kier alpha value is -1.85. The summed E-state index contributed by atoms with van der Waals surface area (Å²) in [6.45, 7) is 10.1. The second kappa shape index (κ2) is 7.41. The number of hydrogen-bond donors (Lipinski definition) is 0. The highest BCUT2D eigenvalue weighted by atomic mass is 16.5. The minimum atomic E-state index is -0.147. The summed E-state index contributed by atoms with van der Waals surface area (Å²) < 4.78 is 10.6. The number of carbonyl (C=O) groups is 2. The summed E-state index contributed by atoms with van der Waals surface area (Å²) in [5.41, 5.74) is 1.67. The Bertz CT molecular complexity index is 666. The van der Waals surface area contributed by atoms with Gasteiger partial charge in [0.05, 0.1) is 12.5 Å². The smallest absolute Gasteiger partial charge is 0.309 e. The Morgan fingerprint density at radius 3 is 2.54 bits per heavy atom. The molecule has 0 N–H and O–H groups in total. The zero-order chi connectivity index (χ0) is 18.9. The summed E-state index contributed by atoms with van der Waals surface area (Å²) >= 11 is 0. The molecule has 6 nitrogen and oxygen atoms in total. The van der Waals surface area contributed by atoms with Crippen molar-refractivity contribution in [2.45, 2.75) is 59.8 Å². The van der Waals surface area contributed by atoms with Crippen LogP contribution in [0.25, 0.3) is 0 Å². The molecule has 2 heterocycles. The van der Waals surface area contributed by atoms with E-state index in [2.05, 4.69) is 25.9 Å². The lowest BCUT2D eigenvalue weighted by molar-refractivity contribution is -0.149. The number of aromatic nitrogens is 1. The Balaban J connectivity index is 1.67. The number of nitrogens with zero attached hydrogens (tertiary/aromatic N) is 2. The molecule has 0 saturated carbocycles. The van der Waals surface area contributed by atoms with E-state index in [1.165, 1.54) is 0 Å². The SMILES string of the molecule is CCOC(=O)C1CCN(C(=O)c2noc3c2CC(C(C)(C)C)CC3)CC1. The first-order valence-corrected chi connectivity index (χ1v) is 9.74. The van der Waals surface area contributed by atoms with Crippen LogP contribution in [0.1, 0.15) is 68.8 Å². The lowest BCUT2D eigenvalue weighted by Gasteiger charge is -2.34. The van der Waals surface area contributed by atoms with Crippen LogP contribution >= 0.6 is 0 Å². The van der Waals surface area contributed by atoms with Crippen molar-refractivity contribution in [2.75, 3.05) is 19.7 Å². The maximum absolute atomic E-state index is 13.0. The molecule has 1 unspecified atom stereocenters. The molecule has 2 aliphatic rings. The normalized spacial score (nSPS) is 21.4. The van der Waals surface area contributed by atoms with Crippen LogP contribution in [0.5, 0.6) is 0 Å². The first-order chi connectivity index (χ1) is 12.3. The van der Waals surface area contributed by atoms with Crippen LogP contribution < -0.4 is 0 Å². The summed E-state index contributed by atoms with van der Waals surface area (Å²) in [6, 6.07) is 0. The molecule has 1 atom stereocenters. The zero-order valence-electron chi connectivity index (χ0n) is 16.3.